The normalized spacial score (nSPS) is 10.1. The van der Waals surface area contributed by atoms with Crippen LogP contribution in [-0.2, 0) is 0 Å². The zero-order valence-corrected chi connectivity index (χ0v) is 12.5. The Morgan fingerprint density at radius 1 is 1.28 bits per heavy atom. The van der Waals surface area contributed by atoms with Gasteiger partial charge in [0, 0.05) is 26.5 Å². The average molecular weight is 422 g/mol. The van der Waals surface area contributed by atoms with Gasteiger partial charge in [-0.2, -0.15) is 0 Å². The van der Waals surface area contributed by atoms with Crippen LogP contribution in [0, 0.1) is 13.7 Å². The van der Waals surface area contributed by atoms with Gasteiger partial charge in [0.2, 0.25) is 0 Å². The molecule has 0 N–H and O–H groups in total. The van der Waals surface area contributed by atoms with Gasteiger partial charge in [-0.05, 0) is 28.7 Å². The number of non-ortho nitro benzene ring substituents is 1. The molecular weight excluding hydrogens is 417 g/mol. The lowest BCUT2D eigenvalue weighted by Gasteiger charge is -2.04. The summed E-state index contributed by atoms with van der Waals surface area (Å²) in [5, 5.41) is 10.7. The molecule has 0 radical (unpaired) electrons. The van der Waals surface area contributed by atoms with E-state index in [0.717, 1.165) is 3.57 Å². The Morgan fingerprint density at radius 3 is 2.56 bits per heavy atom. The van der Waals surface area contributed by atoms with Gasteiger partial charge in [0.05, 0.1) is 11.0 Å². The third kappa shape index (κ3) is 3.35. The largest absolute Gasteiger partial charge is 0.424 e. The van der Waals surface area contributed by atoms with Crippen molar-refractivity contribution >= 4 is 44.2 Å². The highest BCUT2D eigenvalue weighted by Crippen LogP contribution is 2.28. The molecule has 1 heterocycles. The van der Waals surface area contributed by atoms with Crippen LogP contribution in [0.1, 0.15) is 0 Å². The maximum atomic E-state index is 10.7. The summed E-state index contributed by atoms with van der Waals surface area (Å²) in [6, 6.07) is 4.45. The maximum absolute atomic E-state index is 10.7. The van der Waals surface area contributed by atoms with Gasteiger partial charge >= 0.3 is 6.01 Å². The molecule has 0 amide bonds. The van der Waals surface area contributed by atoms with Crippen molar-refractivity contribution in [1.29, 1.82) is 0 Å². The fourth-order valence-corrected chi connectivity index (χ4v) is 1.91. The molecule has 0 atom stereocenters. The predicted octanol–water partition coefficient (Wildman–Crippen LogP) is 3.54. The van der Waals surface area contributed by atoms with Gasteiger partial charge in [0.1, 0.15) is 5.75 Å². The van der Waals surface area contributed by atoms with E-state index < -0.39 is 4.92 Å². The minimum absolute atomic E-state index is 0.0649. The SMILES string of the molecule is O=[N+]([O-])c1cc(Br)cc(Oc2ncc(I)cn2)c1. The summed E-state index contributed by atoms with van der Waals surface area (Å²) in [6.45, 7) is 0. The van der Waals surface area contributed by atoms with Crippen LogP contribution in [0.5, 0.6) is 11.8 Å². The van der Waals surface area contributed by atoms with Crippen LogP contribution in [-0.4, -0.2) is 14.9 Å². The lowest BCUT2D eigenvalue weighted by Crippen LogP contribution is -1.93. The van der Waals surface area contributed by atoms with Gasteiger partial charge in [-0.1, -0.05) is 15.9 Å². The molecule has 1 aromatic heterocycles. The number of nitrogens with zero attached hydrogens (tertiary/aromatic N) is 3. The molecule has 0 unspecified atom stereocenters. The Labute approximate surface area is 124 Å². The highest BCUT2D eigenvalue weighted by Gasteiger charge is 2.10. The van der Waals surface area contributed by atoms with Crippen molar-refractivity contribution in [2.45, 2.75) is 0 Å². The van der Waals surface area contributed by atoms with Gasteiger partial charge in [0.25, 0.3) is 5.69 Å². The highest BCUT2D eigenvalue weighted by atomic mass is 127. The summed E-state index contributed by atoms with van der Waals surface area (Å²) in [5.41, 5.74) is -0.0649. The number of hydrogen-bond acceptors (Lipinski definition) is 5. The molecule has 0 spiro atoms. The molecule has 1 aromatic carbocycles. The molecule has 0 aliphatic rings. The first-order valence-electron chi connectivity index (χ1n) is 4.65. The molecule has 0 aliphatic carbocycles. The predicted molar refractivity (Wildman–Crippen MR) is 75.6 cm³/mol. The minimum Gasteiger partial charge on any atom is -0.424 e. The van der Waals surface area contributed by atoms with E-state index in [1.165, 1.54) is 12.1 Å². The zero-order chi connectivity index (χ0) is 13.1. The molecule has 0 saturated carbocycles. The number of hydrogen-bond donors (Lipinski definition) is 0. The molecule has 6 nitrogen and oxygen atoms in total. The van der Waals surface area contributed by atoms with Gasteiger partial charge < -0.3 is 4.74 Å². The van der Waals surface area contributed by atoms with Crippen LogP contribution in [0.4, 0.5) is 5.69 Å². The number of nitro groups is 1. The van der Waals surface area contributed by atoms with E-state index in [1.54, 1.807) is 18.5 Å². The first-order valence-corrected chi connectivity index (χ1v) is 6.52. The molecule has 2 rings (SSSR count). The summed E-state index contributed by atoms with van der Waals surface area (Å²) >= 11 is 5.25. The molecule has 2 aromatic rings. The quantitative estimate of drug-likeness (QED) is 0.430. The number of nitro benzene ring substituents is 1. The fourth-order valence-electron chi connectivity index (χ4n) is 1.17. The Morgan fingerprint density at radius 2 is 1.94 bits per heavy atom. The number of halogens is 2. The van der Waals surface area contributed by atoms with E-state index in [2.05, 4.69) is 48.5 Å². The van der Waals surface area contributed by atoms with Crippen LogP contribution >= 0.6 is 38.5 Å². The zero-order valence-electron chi connectivity index (χ0n) is 8.71. The van der Waals surface area contributed by atoms with Gasteiger partial charge in [-0.3, -0.25) is 10.1 Å². The summed E-state index contributed by atoms with van der Waals surface area (Å²) in [5.74, 6) is 0.303. The Kier molecular flexibility index (Phi) is 4.07. The van der Waals surface area contributed by atoms with Crippen molar-refractivity contribution in [2.24, 2.45) is 0 Å². The van der Waals surface area contributed by atoms with E-state index in [1.807, 2.05) is 0 Å². The summed E-state index contributed by atoms with van der Waals surface area (Å²) < 4.78 is 6.77. The van der Waals surface area contributed by atoms with E-state index >= 15 is 0 Å². The van der Waals surface area contributed by atoms with Crippen molar-refractivity contribution in [1.82, 2.24) is 9.97 Å². The van der Waals surface area contributed by atoms with E-state index in [0.29, 0.717) is 10.2 Å². The summed E-state index contributed by atoms with van der Waals surface area (Å²) in [7, 11) is 0. The Bertz CT molecular complexity index is 591. The lowest BCUT2D eigenvalue weighted by atomic mass is 10.3. The van der Waals surface area contributed by atoms with Gasteiger partial charge in [-0.15, -0.1) is 0 Å². The monoisotopic (exact) mass is 421 g/mol. The van der Waals surface area contributed by atoms with Gasteiger partial charge in [0.15, 0.2) is 0 Å². The topological polar surface area (TPSA) is 78.2 Å². The maximum Gasteiger partial charge on any atom is 0.321 e. The van der Waals surface area contributed by atoms with Crippen LogP contribution in [0.25, 0.3) is 0 Å². The second-order valence-electron chi connectivity index (χ2n) is 3.19. The second kappa shape index (κ2) is 5.57. The van der Waals surface area contributed by atoms with Crippen LogP contribution < -0.4 is 4.74 Å². The standard InChI is InChI=1S/C10H5BrIN3O3/c11-6-1-8(15(16)17)3-9(2-6)18-10-13-4-7(12)5-14-10/h1-5H. The molecule has 18 heavy (non-hydrogen) atoms. The molecule has 0 fully saturated rings. The molecule has 8 heteroatoms. The van der Waals surface area contributed by atoms with E-state index in [-0.39, 0.29) is 11.7 Å². The van der Waals surface area contributed by atoms with Crippen molar-refractivity contribution in [3.63, 3.8) is 0 Å². The summed E-state index contributed by atoms with van der Waals surface area (Å²) in [6.07, 6.45) is 3.19. The second-order valence-corrected chi connectivity index (χ2v) is 5.35. The first-order chi connectivity index (χ1) is 8.54. The molecule has 0 saturated heterocycles. The minimum atomic E-state index is -0.494. The van der Waals surface area contributed by atoms with Crippen LogP contribution in [0.15, 0.2) is 35.1 Å². The Hall–Kier alpha value is -1.29. The third-order valence-electron chi connectivity index (χ3n) is 1.87. The van der Waals surface area contributed by atoms with E-state index in [4.69, 9.17) is 4.74 Å². The van der Waals surface area contributed by atoms with Crippen molar-refractivity contribution in [3.8, 4) is 11.8 Å². The molecule has 0 aliphatic heterocycles. The van der Waals surface area contributed by atoms with E-state index in [9.17, 15) is 10.1 Å². The van der Waals surface area contributed by atoms with Crippen molar-refractivity contribution < 1.29 is 9.66 Å². The summed E-state index contributed by atoms with van der Waals surface area (Å²) in [4.78, 5) is 18.1. The molecule has 92 valence electrons. The van der Waals surface area contributed by atoms with Crippen molar-refractivity contribution in [3.05, 3.63) is 48.8 Å². The fraction of sp³-hybridized carbons (Fsp3) is 0. The van der Waals surface area contributed by atoms with Crippen molar-refractivity contribution in [2.75, 3.05) is 0 Å². The third-order valence-corrected chi connectivity index (χ3v) is 2.89. The molecular formula is C10H5BrIN3O3. The number of rotatable bonds is 3. The average Bonchev–Trinajstić information content (AvgIpc) is 2.31. The van der Waals surface area contributed by atoms with Crippen LogP contribution in [0.2, 0.25) is 0 Å². The number of benzene rings is 1. The number of aromatic nitrogens is 2. The van der Waals surface area contributed by atoms with Gasteiger partial charge in [-0.25, -0.2) is 9.97 Å². The molecule has 0 bridgehead atoms. The lowest BCUT2D eigenvalue weighted by molar-refractivity contribution is -0.385. The van der Waals surface area contributed by atoms with Crippen LogP contribution in [0.3, 0.4) is 0 Å². The highest BCUT2D eigenvalue weighted by molar-refractivity contribution is 14.1. The Balaban J connectivity index is 2.28. The number of ether oxygens (including phenoxy) is 1. The smallest absolute Gasteiger partial charge is 0.321 e. The first kappa shape index (κ1) is 13.1.